The van der Waals surface area contributed by atoms with Gasteiger partial charge in [0.2, 0.25) is 18.2 Å². The molecule has 1 unspecified atom stereocenters. The molecule has 1 aromatic heterocycles. The predicted octanol–water partition coefficient (Wildman–Crippen LogP) is 2.52. The molecule has 4 rings (SSSR count). The summed E-state index contributed by atoms with van der Waals surface area (Å²) in [5, 5.41) is 5.33. The third kappa shape index (κ3) is 12.3. The molecule has 2 aliphatic heterocycles. The molecule has 3 amide bonds. The number of nitrogens with one attached hydrogen (secondary N) is 2. The van der Waals surface area contributed by atoms with E-state index in [4.69, 9.17) is 14.0 Å². The predicted molar refractivity (Wildman–Crippen MR) is 161 cm³/mol. The molecule has 0 spiro atoms. The molecular weight excluding hydrogens is 537 g/mol. The van der Waals surface area contributed by atoms with Crippen LogP contribution in [0.1, 0.15) is 58.7 Å². The van der Waals surface area contributed by atoms with Crippen molar-refractivity contribution in [1.29, 1.82) is 0 Å². The van der Waals surface area contributed by atoms with Crippen LogP contribution in [-0.2, 0) is 34.9 Å². The highest BCUT2D eigenvalue weighted by Gasteiger charge is 2.53. The molecule has 0 radical (unpaired) electrons. The Bertz CT molecular complexity index is 1070. The monoisotopic (exact) mass is 583 g/mol. The van der Waals surface area contributed by atoms with Gasteiger partial charge in [0.25, 0.3) is 0 Å². The maximum absolute atomic E-state index is 12.1. The third-order valence-electron chi connectivity index (χ3n) is 7.26. The van der Waals surface area contributed by atoms with Crippen molar-refractivity contribution in [3.8, 4) is 0 Å². The standard InChI is InChI=1S/C19H29BN2O4.C6H11NO2.C5H6N2/c1-18(2)19(3,4)26-20(25-18)16(22-17(24)13-21-14-23)12-8-11-15-9-6-5-7-10-15;1-6(8)7-2-4-9-5-3-7;1-5-4-6-2-3-7-5/h5-7,9-10,14,16H,8,11-13H2,1-4H3,(H,21,23)(H,22,24);2-5H2,1H3;2-4H,1H3. The van der Waals surface area contributed by atoms with Gasteiger partial charge < -0.3 is 29.6 Å². The van der Waals surface area contributed by atoms with Gasteiger partial charge in [0, 0.05) is 38.6 Å². The van der Waals surface area contributed by atoms with Gasteiger partial charge in [-0.15, -0.1) is 0 Å². The van der Waals surface area contributed by atoms with Crippen LogP contribution in [0.2, 0.25) is 0 Å². The second-order valence-electron chi connectivity index (χ2n) is 11.1. The maximum atomic E-state index is 12.1. The molecular formula is C30H46BN5O6. The molecule has 3 heterocycles. The third-order valence-corrected chi connectivity index (χ3v) is 7.26. The number of aromatic nitrogens is 2. The molecule has 2 saturated heterocycles. The summed E-state index contributed by atoms with van der Waals surface area (Å²) in [6.07, 6.45) is 8.10. The lowest BCUT2D eigenvalue weighted by atomic mass is 9.75. The smallest absolute Gasteiger partial charge is 0.402 e. The van der Waals surface area contributed by atoms with Crippen LogP contribution in [0.4, 0.5) is 0 Å². The first-order chi connectivity index (χ1) is 19.9. The van der Waals surface area contributed by atoms with E-state index in [-0.39, 0.29) is 24.3 Å². The summed E-state index contributed by atoms with van der Waals surface area (Å²) < 4.78 is 17.3. The molecule has 11 nitrogen and oxygen atoms in total. The van der Waals surface area contributed by atoms with E-state index in [0.29, 0.717) is 19.6 Å². The zero-order valence-corrected chi connectivity index (χ0v) is 25.8. The number of rotatable bonds is 9. The second-order valence-corrected chi connectivity index (χ2v) is 11.1. The SMILES string of the molecule is CC(=O)N1CCOCC1.CC1(C)OB(C(CCCc2ccccc2)NC(=O)CNC=O)OC1(C)C.Cc1cnccn1. The molecule has 2 aromatic rings. The van der Waals surface area contributed by atoms with Gasteiger partial charge in [-0.05, 0) is 59.4 Å². The molecule has 0 bridgehead atoms. The average molecular weight is 584 g/mol. The van der Waals surface area contributed by atoms with E-state index < -0.39 is 18.3 Å². The quantitative estimate of drug-likeness (QED) is 0.340. The number of morpholine rings is 1. The summed E-state index contributed by atoms with van der Waals surface area (Å²) >= 11 is 0. The summed E-state index contributed by atoms with van der Waals surface area (Å²) in [5.41, 5.74) is 1.30. The largest absolute Gasteiger partial charge is 0.481 e. The van der Waals surface area contributed by atoms with Crippen molar-refractivity contribution >= 4 is 25.3 Å². The van der Waals surface area contributed by atoms with Crippen molar-refractivity contribution in [3.63, 3.8) is 0 Å². The Morgan fingerprint density at radius 3 is 2.19 bits per heavy atom. The Labute approximate surface area is 250 Å². The van der Waals surface area contributed by atoms with Crippen LogP contribution < -0.4 is 10.6 Å². The fourth-order valence-electron chi connectivity index (χ4n) is 4.14. The van der Waals surface area contributed by atoms with E-state index in [9.17, 15) is 14.4 Å². The Kier molecular flexibility index (Phi) is 14.6. The van der Waals surface area contributed by atoms with Gasteiger partial charge in [-0.1, -0.05) is 30.3 Å². The molecule has 1 atom stereocenters. The Morgan fingerprint density at radius 1 is 1.07 bits per heavy atom. The molecule has 2 aliphatic rings. The molecule has 12 heteroatoms. The summed E-state index contributed by atoms with van der Waals surface area (Å²) in [5.74, 6) is -0.379. The van der Waals surface area contributed by atoms with Crippen molar-refractivity contribution in [3.05, 3.63) is 60.2 Å². The summed E-state index contributed by atoms with van der Waals surface area (Å²) in [6.45, 7) is 14.3. The normalized spacial score (nSPS) is 17.5. The molecule has 0 aliphatic carbocycles. The van der Waals surface area contributed by atoms with Gasteiger partial charge >= 0.3 is 7.12 Å². The number of hydrogen-bond donors (Lipinski definition) is 2. The van der Waals surface area contributed by atoms with Gasteiger partial charge in [0.15, 0.2) is 0 Å². The van der Waals surface area contributed by atoms with Crippen molar-refractivity contribution in [2.45, 2.75) is 77.9 Å². The van der Waals surface area contributed by atoms with E-state index in [0.717, 1.165) is 38.0 Å². The molecule has 0 saturated carbocycles. The van der Waals surface area contributed by atoms with Crippen LogP contribution in [0.15, 0.2) is 48.9 Å². The van der Waals surface area contributed by atoms with Gasteiger partial charge in [0.1, 0.15) is 0 Å². The Hall–Kier alpha value is -3.35. The Balaban J connectivity index is 0.000000310. The number of carbonyl (C=O) groups is 3. The van der Waals surface area contributed by atoms with E-state index in [1.807, 2.05) is 52.8 Å². The number of aryl methyl sites for hydroxylation is 2. The highest BCUT2D eigenvalue weighted by Crippen LogP contribution is 2.38. The van der Waals surface area contributed by atoms with Crippen LogP contribution >= 0.6 is 0 Å². The highest BCUT2D eigenvalue weighted by atomic mass is 16.7. The summed E-state index contributed by atoms with van der Waals surface area (Å²) in [6, 6.07) is 10.2. The van der Waals surface area contributed by atoms with Crippen LogP contribution in [-0.4, -0.2) is 90.2 Å². The van der Waals surface area contributed by atoms with E-state index >= 15 is 0 Å². The minimum absolute atomic E-state index is 0.0574. The molecule has 1 aromatic carbocycles. The maximum Gasteiger partial charge on any atom is 0.481 e. The van der Waals surface area contributed by atoms with Crippen LogP contribution in [0.5, 0.6) is 0 Å². The lowest BCUT2D eigenvalue weighted by Gasteiger charge is -2.32. The van der Waals surface area contributed by atoms with Gasteiger partial charge in [-0.25, -0.2) is 0 Å². The topological polar surface area (TPSA) is 132 Å². The molecule has 2 N–H and O–H groups in total. The van der Waals surface area contributed by atoms with Crippen molar-refractivity contribution in [1.82, 2.24) is 25.5 Å². The first kappa shape index (κ1) is 34.9. The van der Waals surface area contributed by atoms with Crippen LogP contribution in [0.25, 0.3) is 0 Å². The first-order valence-electron chi connectivity index (χ1n) is 14.4. The Morgan fingerprint density at radius 2 is 1.71 bits per heavy atom. The number of carbonyl (C=O) groups excluding carboxylic acids is 3. The number of amides is 3. The number of ether oxygens (including phenoxy) is 1. The van der Waals surface area contributed by atoms with E-state index in [2.05, 4.69) is 32.7 Å². The second kappa shape index (κ2) is 17.6. The zero-order valence-electron chi connectivity index (χ0n) is 25.8. The fraction of sp³-hybridized carbons (Fsp3) is 0.567. The lowest BCUT2D eigenvalue weighted by molar-refractivity contribution is -0.132. The van der Waals surface area contributed by atoms with E-state index in [1.165, 1.54) is 5.56 Å². The van der Waals surface area contributed by atoms with Crippen molar-refractivity contribution in [2.75, 3.05) is 32.8 Å². The van der Waals surface area contributed by atoms with Gasteiger partial charge in [0.05, 0.1) is 42.6 Å². The van der Waals surface area contributed by atoms with Gasteiger partial charge in [-0.3, -0.25) is 24.4 Å². The molecule has 230 valence electrons. The fourth-order valence-corrected chi connectivity index (χ4v) is 4.14. The minimum Gasteiger partial charge on any atom is -0.402 e. The van der Waals surface area contributed by atoms with Crippen LogP contribution in [0.3, 0.4) is 0 Å². The summed E-state index contributed by atoms with van der Waals surface area (Å²) in [7, 11) is -0.518. The number of hydrogen-bond acceptors (Lipinski definition) is 8. The average Bonchev–Trinajstić information content (AvgIpc) is 3.19. The van der Waals surface area contributed by atoms with Crippen molar-refractivity contribution < 1.29 is 28.4 Å². The van der Waals surface area contributed by atoms with Crippen molar-refractivity contribution in [2.24, 2.45) is 0 Å². The zero-order chi connectivity index (χ0) is 31.0. The summed E-state index contributed by atoms with van der Waals surface area (Å²) in [4.78, 5) is 42.7. The van der Waals surface area contributed by atoms with E-state index in [1.54, 1.807) is 30.4 Å². The minimum atomic E-state index is -0.518. The van der Waals surface area contributed by atoms with Gasteiger partial charge in [-0.2, -0.15) is 0 Å². The first-order valence-corrected chi connectivity index (χ1v) is 14.4. The van der Waals surface area contributed by atoms with Crippen LogP contribution in [0, 0.1) is 6.92 Å². The lowest BCUT2D eigenvalue weighted by Crippen LogP contribution is -2.50. The number of benzene rings is 1. The number of nitrogens with zero attached hydrogens (tertiary/aromatic N) is 3. The molecule has 2 fully saturated rings. The highest BCUT2D eigenvalue weighted by molar-refractivity contribution is 6.48. The molecule has 42 heavy (non-hydrogen) atoms.